The SMILES string of the molecule is CCOc1cc(C2C(C(=O)c3ccco3)=C(O)C(=O)N2c2nc3ccc(OC)cc3s2)ccc1O. The van der Waals surface area contributed by atoms with Crippen molar-refractivity contribution in [1.82, 2.24) is 4.98 Å². The number of thiazole rings is 1. The number of ether oxygens (including phenoxy) is 2. The predicted molar refractivity (Wildman–Crippen MR) is 128 cm³/mol. The van der Waals surface area contributed by atoms with Gasteiger partial charge in [0.05, 0.1) is 41.8 Å². The largest absolute Gasteiger partial charge is 0.504 e. The number of furan rings is 1. The molecule has 0 radical (unpaired) electrons. The maximum Gasteiger partial charge on any atom is 0.296 e. The Bertz CT molecular complexity index is 1470. The third-order valence-corrected chi connectivity index (χ3v) is 6.61. The predicted octanol–water partition coefficient (Wildman–Crippen LogP) is 4.79. The number of nitrogens with zero attached hydrogens (tertiary/aromatic N) is 2. The molecule has 0 saturated carbocycles. The van der Waals surface area contributed by atoms with E-state index in [1.54, 1.807) is 44.4 Å². The van der Waals surface area contributed by atoms with Gasteiger partial charge in [0.25, 0.3) is 5.91 Å². The Balaban J connectivity index is 1.68. The van der Waals surface area contributed by atoms with Crippen molar-refractivity contribution in [1.29, 1.82) is 0 Å². The molecule has 9 nitrogen and oxygen atoms in total. The second-order valence-electron chi connectivity index (χ2n) is 7.64. The maximum absolute atomic E-state index is 13.4. The van der Waals surface area contributed by atoms with Crippen LogP contribution >= 0.6 is 11.3 Å². The normalized spacial score (nSPS) is 15.8. The van der Waals surface area contributed by atoms with Crippen molar-refractivity contribution in [3.63, 3.8) is 0 Å². The molecule has 35 heavy (non-hydrogen) atoms. The van der Waals surface area contributed by atoms with Crippen molar-refractivity contribution >= 4 is 38.4 Å². The number of rotatable bonds is 7. The lowest BCUT2D eigenvalue weighted by Gasteiger charge is -2.24. The van der Waals surface area contributed by atoms with E-state index in [2.05, 4.69) is 4.98 Å². The molecule has 0 fully saturated rings. The first-order valence-electron chi connectivity index (χ1n) is 10.7. The molecular weight excluding hydrogens is 472 g/mol. The second-order valence-corrected chi connectivity index (χ2v) is 8.65. The molecule has 2 aromatic heterocycles. The van der Waals surface area contributed by atoms with E-state index in [1.807, 2.05) is 0 Å². The number of fused-ring (bicyclic) bond motifs is 1. The number of anilines is 1. The van der Waals surface area contributed by atoms with Gasteiger partial charge in [-0.15, -0.1) is 0 Å². The van der Waals surface area contributed by atoms with E-state index in [4.69, 9.17) is 13.9 Å². The molecule has 1 unspecified atom stereocenters. The lowest BCUT2D eigenvalue weighted by molar-refractivity contribution is -0.117. The fourth-order valence-corrected chi connectivity index (χ4v) is 5.01. The van der Waals surface area contributed by atoms with Crippen LogP contribution in [-0.4, -0.2) is 40.6 Å². The van der Waals surface area contributed by atoms with Crippen molar-refractivity contribution in [2.75, 3.05) is 18.6 Å². The first-order chi connectivity index (χ1) is 16.9. The lowest BCUT2D eigenvalue weighted by atomic mass is 9.95. The number of carbonyl (C=O) groups excluding carboxylic acids is 2. The minimum atomic E-state index is -1.04. The van der Waals surface area contributed by atoms with E-state index in [-0.39, 0.29) is 28.0 Å². The van der Waals surface area contributed by atoms with Gasteiger partial charge in [0.1, 0.15) is 5.75 Å². The Morgan fingerprint density at radius 3 is 2.74 bits per heavy atom. The molecule has 3 heterocycles. The van der Waals surface area contributed by atoms with Gasteiger partial charge in [-0.2, -0.15) is 0 Å². The smallest absolute Gasteiger partial charge is 0.296 e. The van der Waals surface area contributed by atoms with Gasteiger partial charge in [-0.25, -0.2) is 4.98 Å². The Morgan fingerprint density at radius 1 is 1.20 bits per heavy atom. The molecule has 1 aliphatic rings. The van der Waals surface area contributed by atoms with Gasteiger partial charge in [-0.05, 0) is 55.0 Å². The molecule has 1 atom stereocenters. The summed E-state index contributed by atoms with van der Waals surface area (Å²) in [5.74, 6) is -1.41. The number of hydrogen-bond acceptors (Lipinski definition) is 9. The molecule has 0 saturated heterocycles. The minimum Gasteiger partial charge on any atom is -0.504 e. The van der Waals surface area contributed by atoms with Gasteiger partial charge >= 0.3 is 0 Å². The first-order valence-corrected chi connectivity index (χ1v) is 11.5. The van der Waals surface area contributed by atoms with Crippen LogP contribution in [0.3, 0.4) is 0 Å². The molecule has 2 aromatic carbocycles. The van der Waals surface area contributed by atoms with Crippen LogP contribution in [0.2, 0.25) is 0 Å². The molecule has 0 spiro atoms. The van der Waals surface area contributed by atoms with E-state index in [0.717, 1.165) is 4.70 Å². The van der Waals surface area contributed by atoms with Crippen molar-refractivity contribution in [3.05, 3.63) is 77.5 Å². The molecule has 2 N–H and O–H groups in total. The molecule has 5 rings (SSSR count). The third kappa shape index (κ3) is 3.77. The Labute approximate surface area is 203 Å². The van der Waals surface area contributed by atoms with Crippen molar-refractivity contribution in [2.24, 2.45) is 0 Å². The van der Waals surface area contributed by atoms with Crippen LogP contribution in [0.25, 0.3) is 10.2 Å². The monoisotopic (exact) mass is 492 g/mol. The standard InChI is InChI=1S/C25H20N2O7S/c1-3-33-18-11-13(6-9-16(18)28)21-20(22(29)17-5-4-10-34-17)23(30)24(31)27(21)25-26-15-8-7-14(32-2)12-19(15)35-25/h4-12,21,28,30H,3H2,1-2H3. The number of phenolic OH excluding ortho intramolecular Hbond substituents is 1. The van der Waals surface area contributed by atoms with Gasteiger partial charge < -0.3 is 24.1 Å². The van der Waals surface area contributed by atoms with Crippen LogP contribution < -0.4 is 14.4 Å². The average molecular weight is 493 g/mol. The molecular formula is C25H20N2O7S. The van der Waals surface area contributed by atoms with Crippen molar-refractivity contribution in [2.45, 2.75) is 13.0 Å². The molecule has 1 amide bonds. The summed E-state index contributed by atoms with van der Waals surface area (Å²) >= 11 is 1.22. The van der Waals surface area contributed by atoms with Crippen LogP contribution in [0.5, 0.6) is 17.2 Å². The molecule has 0 bridgehead atoms. The number of phenols is 1. The van der Waals surface area contributed by atoms with E-state index < -0.39 is 23.5 Å². The number of aromatic hydroxyl groups is 1. The summed E-state index contributed by atoms with van der Waals surface area (Å²) in [5.41, 5.74) is 0.911. The quantitative estimate of drug-likeness (QED) is 0.353. The van der Waals surface area contributed by atoms with Gasteiger partial charge in [0.15, 0.2) is 28.1 Å². The highest BCUT2D eigenvalue weighted by Gasteiger charge is 2.46. The van der Waals surface area contributed by atoms with E-state index >= 15 is 0 Å². The average Bonchev–Trinajstić information content (AvgIpc) is 3.59. The second kappa shape index (κ2) is 8.80. The highest BCUT2D eigenvalue weighted by Crippen LogP contribution is 2.45. The number of amides is 1. The zero-order valence-electron chi connectivity index (χ0n) is 18.7. The molecule has 178 valence electrons. The zero-order valence-corrected chi connectivity index (χ0v) is 19.5. The fourth-order valence-electron chi connectivity index (χ4n) is 3.99. The summed E-state index contributed by atoms with van der Waals surface area (Å²) in [6.45, 7) is 2.06. The van der Waals surface area contributed by atoms with Crippen LogP contribution in [0.1, 0.15) is 29.1 Å². The summed E-state index contributed by atoms with van der Waals surface area (Å²) in [6, 6.07) is 11.8. The third-order valence-electron chi connectivity index (χ3n) is 5.59. The number of aliphatic hydroxyl groups excluding tert-OH is 1. The number of aromatic nitrogens is 1. The van der Waals surface area contributed by atoms with E-state index in [0.29, 0.717) is 23.4 Å². The molecule has 0 aliphatic carbocycles. The minimum absolute atomic E-state index is 0.0240. The fraction of sp³-hybridized carbons (Fsp3) is 0.160. The number of methoxy groups -OCH3 is 1. The summed E-state index contributed by atoms with van der Waals surface area (Å²) in [5, 5.41) is 21.4. The Hall–Kier alpha value is -4.31. The molecule has 1 aliphatic heterocycles. The van der Waals surface area contributed by atoms with Crippen molar-refractivity contribution in [3.8, 4) is 17.2 Å². The summed E-state index contributed by atoms with van der Waals surface area (Å²) in [4.78, 5) is 32.5. The summed E-state index contributed by atoms with van der Waals surface area (Å²) in [7, 11) is 1.55. The maximum atomic E-state index is 13.4. The lowest BCUT2D eigenvalue weighted by Crippen LogP contribution is -2.31. The summed E-state index contributed by atoms with van der Waals surface area (Å²) < 4.78 is 16.8. The van der Waals surface area contributed by atoms with Gasteiger partial charge in [-0.3, -0.25) is 14.5 Å². The summed E-state index contributed by atoms with van der Waals surface area (Å²) in [6.07, 6.45) is 1.34. The number of Topliss-reactive ketones (excluding diaryl/α,β-unsaturated/α-hetero) is 1. The number of hydrogen-bond donors (Lipinski definition) is 2. The van der Waals surface area contributed by atoms with Gasteiger partial charge in [0, 0.05) is 0 Å². The Kier molecular flexibility index (Phi) is 5.65. The zero-order chi connectivity index (χ0) is 24.7. The topological polar surface area (TPSA) is 122 Å². The highest BCUT2D eigenvalue weighted by atomic mass is 32.1. The number of aliphatic hydroxyl groups is 1. The van der Waals surface area contributed by atoms with E-state index in [1.165, 1.54) is 40.7 Å². The number of ketones is 1. The molecule has 10 heteroatoms. The number of carbonyl (C=O) groups is 2. The first kappa shape index (κ1) is 22.5. The number of benzene rings is 2. The Morgan fingerprint density at radius 2 is 2.03 bits per heavy atom. The van der Waals surface area contributed by atoms with E-state index in [9.17, 15) is 19.8 Å². The highest BCUT2D eigenvalue weighted by molar-refractivity contribution is 7.22. The van der Waals surface area contributed by atoms with Gasteiger partial charge in [0.2, 0.25) is 5.78 Å². The molecule has 4 aromatic rings. The van der Waals surface area contributed by atoms with Crippen LogP contribution in [0, 0.1) is 0 Å². The van der Waals surface area contributed by atoms with Gasteiger partial charge in [-0.1, -0.05) is 17.4 Å². The van der Waals surface area contributed by atoms with Crippen molar-refractivity contribution < 1.29 is 33.7 Å². The van der Waals surface area contributed by atoms with Crippen LogP contribution in [0.4, 0.5) is 5.13 Å². The van der Waals surface area contributed by atoms with Crippen LogP contribution in [-0.2, 0) is 4.79 Å². The van der Waals surface area contributed by atoms with Crippen LogP contribution in [0.15, 0.2) is 70.5 Å².